The predicted molar refractivity (Wildman–Crippen MR) is 80.9 cm³/mol. The fourth-order valence-corrected chi connectivity index (χ4v) is 2.17. The summed E-state index contributed by atoms with van der Waals surface area (Å²) in [4.78, 5) is 11.8. The van der Waals surface area contributed by atoms with Crippen LogP contribution in [0.1, 0.15) is 0 Å². The number of benzene rings is 2. The maximum Gasteiger partial charge on any atom is 0.323 e. The van der Waals surface area contributed by atoms with Crippen molar-refractivity contribution in [3.8, 4) is 0 Å². The molecule has 0 saturated heterocycles. The molecule has 0 spiro atoms. The van der Waals surface area contributed by atoms with Gasteiger partial charge in [-0.3, -0.25) is 0 Å². The fraction of sp³-hybridized carbons (Fsp3) is 0. The molecule has 0 bridgehead atoms. The van der Waals surface area contributed by atoms with E-state index in [0.717, 1.165) is 20.3 Å². The van der Waals surface area contributed by atoms with Crippen LogP contribution in [0.15, 0.2) is 57.5 Å². The van der Waals surface area contributed by atoms with Gasteiger partial charge < -0.3 is 10.6 Å². The highest BCUT2D eigenvalue weighted by atomic mass is 79.9. The van der Waals surface area contributed by atoms with Gasteiger partial charge in [0.2, 0.25) is 0 Å². The van der Waals surface area contributed by atoms with E-state index in [9.17, 15) is 4.79 Å². The molecule has 92 valence electrons. The second-order valence-electron chi connectivity index (χ2n) is 3.54. The van der Waals surface area contributed by atoms with E-state index in [0.29, 0.717) is 0 Å². The summed E-state index contributed by atoms with van der Waals surface area (Å²) in [6, 6.07) is 14.6. The Morgan fingerprint density at radius 1 is 0.778 bits per heavy atom. The van der Waals surface area contributed by atoms with Gasteiger partial charge >= 0.3 is 6.03 Å². The number of hydrogen-bond acceptors (Lipinski definition) is 1. The molecule has 2 aromatic rings. The molecule has 0 aliphatic heterocycles. The van der Waals surface area contributed by atoms with E-state index in [1.54, 1.807) is 0 Å². The minimum atomic E-state index is -0.284. The lowest BCUT2D eigenvalue weighted by atomic mass is 10.3. The number of rotatable bonds is 2. The zero-order valence-electron chi connectivity index (χ0n) is 9.28. The number of nitrogens with one attached hydrogen (secondary N) is 2. The topological polar surface area (TPSA) is 41.1 Å². The van der Waals surface area contributed by atoms with Crippen molar-refractivity contribution in [2.75, 3.05) is 10.6 Å². The van der Waals surface area contributed by atoms with Crippen LogP contribution in [0, 0.1) is 0 Å². The third-order valence-electron chi connectivity index (χ3n) is 2.24. The summed E-state index contributed by atoms with van der Waals surface area (Å²) in [5.41, 5.74) is 1.45. The number of anilines is 2. The Balaban J connectivity index is 2.06. The monoisotopic (exact) mass is 368 g/mol. The van der Waals surface area contributed by atoms with Gasteiger partial charge in [0.25, 0.3) is 0 Å². The maximum absolute atomic E-state index is 11.8. The van der Waals surface area contributed by atoms with Crippen LogP contribution in [-0.4, -0.2) is 6.03 Å². The first-order valence-corrected chi connectivity index (χ1v) is 6.82. The van der Waals surface area contributed by atoms with E-state index in [1.165, 1.54) is 0 Å². The average Bonchev–Trinajstić information content (AvgIpc) is 2.35. The van der Waals surface area contributed by atoms with Gasteiger partial charge in [-0.25, -0.2) is 4.79 Å². The summed E-state index contributed by atoms with van der Waals surface area (Å²) >= 11 is 6.75. The van der Waals surface area contributed by atoms with Crippen molar-refractivity contribution in [1.82, 2.24) is 0 Å². The van der Waals surface area contributed by atoms with Gasteiger partial charge in [0.05, 0.1) is 11.4 Å². The molecule has 0 radical (unpaired) electrons. The molecule has 5 heteroatoms. The first-order valence-electron chi connectivity index (χ1n) is 5.24. The normalized spacial score (nSPS) is 9.89. The summed E-state index contributed by atoms with van der Waals surface area (Å²) in [6.45, 7) is 0. The number of halogens is 2. The summed E-state index contributed by atoms with van der Waals surface area (Å²) in [7, 11) is 0. The first-order chi connectivity index (χ1) is 8.66. The Labute approximate surface area is 122 Å². The second-order valence-corrected chi connectivity index (χ2v) is 5.25. The van der Waals surface area contributed by atoms with Gasteiger partial charge in [-0.1, -0.05) is 24.3 Å². The van der Waals surface area contributed by atoms with Crippen LogP contribution >= 0.6 is 31.9 Å². The standard InChI is InChI=1S/C13H10Br2N2O/c14-9-5-1-3-7-11(9)16-13(18)17-12-8-4-2-6-10(12)15/h1-8H,(H2,16,17,18). The third kappa shape index (κ3) is 3.34. The fourth-order valence-electron chi connectivity index (χ4n) is 1.40. The van der Waals surface area contributed by atoms with E-state index < -0.39 is 0 Å². The van der Waals surface area contributed by atoms with Crippen LogP contribution in [0.5, 0.6) is 0 Å². The summed E-state index contributed by atoms with van der Waals surface area (Å²) in [6.07, 6.45) is 0. The molecule has 0 heterocycles. The van der Waals surface area contributed by atoms with E-state index in [1.807, 2.05) is 48.5 Å². The number of carbonyl (C=O) groups is 1. The highest BCUT2D eigenvalue weighted by Crippen LogP contribution is 2.23. The van der Waals surface area contributed by atoms with E-state index in [4.69, 9.17) is 0 Å². The number of amides is 2. The van der Waals surface area contributed by atoms with E-state index >= 15 is 0 Å². The Morgan fingerprint density at radius 2 is 1.17 bits per heavy atom. The molecule has 2 amide bonds. The van der Waals surface area contributed by atoms with Crippen molar-refractivity contribution in [2.24, 2.45) is 0 Å². The maximum atomic E-state index is 11.8. The van der Waals surface area contributed by atoms with Crippen LogP contribution < -0.4 is 10.6 Å². The van der Waals surface area contributed by atoms with Crippen molar-refractivity contribution in [1.29, 1.82) is 0 Å². The first kappa shape index (κ1) is 13.1. The Morgan fingerprint density at radius 3 is 1.56 bits per heavy atom. The van der Waals surface area contributed by atoms with Crippen molar-refractivity contribution < 1.29 is 4.79 Å². The number of hydrogen-bond donors (Lipinski definition) is 2. The molecule has 0 fully saturated rings. The minimum Gasteiger partial charge on any atom is -0.307 e. The van der Waals surface area contributed by atoms with Crippen molar-refractivity contribution >= 4 is 49.3 Å². The van der Waals surface area contributed by atoms with Gasteiger partial charge in [0.15, 0.2) is 0 Å². The van der Waals surface area contributed by atoms with E-state index in [-0.39, 0.29) is 6.03 Å². The molecular formula is C13H10Br2N2O. The molecule has 0 aliphatic rings. The summed E-state index contributed by atoms with van der Waals surface area (Å²) in [5, 5.41) is 5.54. The minimum absolute atomic E-state index is 0.284. The molecule has 3 nitrogen and oxygen atoms in total. The summed E-state index contributed by atoms with van der Waals surface area (Å²) < 4.78 is 1.68. The smallest absolute Gasteiger partial charge is 0.307 e. The van der Waals surface area contributed by atoms with Gasteiger partial charge in [-0.2, -0.15) is 0 Å². The average molecular weight is 370 g/mol. The highest BCUT2D eigenvalue weighted by Gasteiger charge is 2.06. The quantitative estimate of drug-likeness (QED) is 0.780. The molecular weight excluding hydrogens is 360 g/mol. The van der Waals surface area contributed by atoms with Gasteiger partial charge in [-0.15, -0.1) is 0 Å². The van der Waals surface area contributed by atoms with Gasteiger partial charge in [-0.05, 0) is 56.1 Å². The molecule has 2 rings (SSSR count). The van der Waals surface area contributed by atoms with Gasteiger partial charge in [0.1, 0.15) is 0 Å². The van der Waals surface area contributed by atoms with Crippen LogP contribution in [-0.2, 0) is 0 Å². The number of para-hydroxylation sites is 2. The molecule has 0 aliphatic carbocycles. The molecule has 2 aromatic carbocycles. The van der Waals surface area contributed by atoms with Crippen LogP contribution in [0.4, 0.5) is 16.2 Å². The molecule has 0 saturated carbocycles. The van der Waals surface area contributed by atoms with E-state index in [2.05, 4.69) is 42.5 Å². The lowest BCUT2D eigenvalue weighted by Gasteiger charge is -2.10. The number of carbonyl (C=O) groups excluding carboxylic acids is 1. The van der Waals surface area contributed by atoms with Crippen molar-refractivity contribution in [3.63, 3.8) is 0 Å². The lowest BCUT2D eigenvalue weighted by Crippen LogP contribution is -2.19. The third-order valence-corrected chi connectivity index (χ3v) is 3.63. The zero-order chi connectivity index (χ0) is 13.0. The van der Waals surface area contributed by atoms with Gasteiger partial charge in [0, 0.05) is 8.95 Å². The molecule has 0 atom stereocenters. The van der Waals surface area contributed by atoms with Crippen molar-refractivity contribution in [3.05, 3.63) is 57.5 Å². The second kappa shape index (κ2) is 6.02. The molecule has 0 unspecified atom stereocenters. The molecule has 2 N–H and O–H groups in total. The van der Waals surface area contributed by atoms with Crippen molar-refractivity contribution in [2.45, 2.75) is 0 Å². The predicted octanol–water partition coefficient (Wildman–Crippen LogP) is 4.86. The summed E-state index contributed by atoms with van der Waals surface area (Å²) in [5.74, 6) is 0. The Hall–Kier alpha value is -1.33. The van der Waals surface area contributed by atoms with Crippen LogP contribution in [0.25, 0.3) is 0 Å². The number of urea groups is 1. The largest absolute Gasteiger partial charge is 0.323 e. The van der Waals surface area contributed by atoms with Crippen LogP contribution in [0.2, 0.25) is 0 Å². The SMILES string of the molecule is O=C(Nc1ccccc1Br)Nc1ccccc1Br. The lowest BCUT2D eigenvalue weighted by molar-refractivity contribution is 0.262. The Bertz CT molecular complexity index is 523. The Kier molecular flexibility index (Phi) is 4.38. The molecule has 0 aromatic heterocycles. The molecule has 18 heavy (non-hydrogen) atoms. The highest BCUT2D eigenvalue weighted by molar-refractivity contribution is 9.11. The van der Waals surface area contributed by atoms with Crippen LogP contribution in [0.3, 0.4) is 0 Å². The zero-order valence-corrected chi connectivity index (χ0v) is 12.5.